The summed E-state index contributed by atoms with van der Waals surface area (Å²) in [6.45, 7) is 2.96. The average Bonchev–Trinajstić information content (AvgIpc) is 2.55. The summed E-state index contributed by atoms with van der Waals surface area (Å²) in [6, 6.07) is 8.02. The van der Waals surface area contributed by atoms with E-state index in [1.165, 1.54) is 4.90 Å². The summed E-state index contributed by atoms with van der Waals surface area (Å²) in [7, 11) is 0. The molecule has 1 aromatic carbocycles. The number of hydrogen-bond acceptors (Lipinski definition) is 3. The molecule has 1 aliphatic rings. The number of nitrogens with zero attached hydrogens (tertiary/aromatic N) is 1. The Morgan fingerprint density at radius 3 is 3.00 bits per heavy atom. The maximum absolute atomic E-state index is 10.9. The van der Waals surface area contributed by atoms with E-state index in [2.05, 4.69) is 17.3 Å². The van der Waals surface area contributed by atoms with Gasteiger partial charge in [0.25, 0.3) is 0 Å². The lowest BCUT2D eigenvalue weighted by Crippen LogP contribution is -2.17. The Labute approximate surface area is 82.1 Å². The van der Waals surface area contributed by atoms with Gasteiger partial charge in [-0.25, -0.2) is 4.31 Å². The zero-order valence-electron chi connectivity index (χ0n) is 7.43. The van der Waals surface area contributed by atoms with Crippen molar-refractivity contribution in [3.8, 4) is 0 Å². The first-order valence-corrected chi connectivity index (χ1v) is 5.13. The van der Waals surface area contributed by atoms with E-state index in [4.69, 9.17) is 0 Å². The van der Waals surface area contributed by atoms with E-state index < -0.39 is 0 Å². The number of benzene rings is 1. The predicted octanol–water partition coefficient (Wildman–Crippen LogP) is 2.27. The Morgan fingerprint density at radius 2 is 2.31 bits per heavy atom. The van der Waals surface area contributed by atoms with Crippen molar-refractivity contribution in [3.63, 3.8) is 0 Å². The molecule has 0 fully saturated rings. The van der Waals surface area contributed by atoms with Gasteiger partial charge in [-0.1, -0.05) is 25.1 Å². The molecule has 2 nitrogen and oxygen atoms in total. The van der Waals surface area contributed by atoms with Crippen LogP contribution in [0.4, 0.5) is 0 Å². The maximum atomic E-state index is 10.9. The van der Waals surface area contributed by atoms with Crippen LogP contribution in [0, 0.1) is 0 Å². The van der Waals surface area contributed by atoms with Crippen LogP contribution >= 0.6 is 11.9 Å². The molecule has 0 radical (unpaired) electrons. The molecule has 2 rings (SSSR count). The van der Waals surface area contributed by atoms with Gasteiger partial charge in [0.05, 0.1) is 0 Å². The molecular formula is C10H11NOS. The highest BCUT2D eigenvalue weighted by atomic mass is 32.2. The number of fused-ring (bicyclic) bond motifs is 1. The lowest BCUT2D eigenvalue weighted by molar-refractivity contribution is -0.110. The molecule has 1 heterocycles. The maximum Gasteiger partial charge on any atom is 0.142 e. The highest BCUT2D eigenvalue weighted by Crippen LogP contribution is 2.42. The third kappa shape index (κ3) is 1.38. The molecule has 0 spiro atoms. The molecule has 0 aliphatic carbocycles. The predicted molar refractivity (Wildman–Crippen MR) is 53.5 cm³/mol. The first-order valence-electron chi connectivity index (χ1n) is 4.35. The normalized spacial score (nSPS) is 21.5. The number of likely N-dealkylation sites (N-methyl/N-ethyl adjacent to an activating group) is 1. The van der Waals surface area contributed by atoms with E-state index >= 15 is 0 Å². The van der Waals surface area contributed by atoms with Crippen molar-refractivity contribution in [2.45, 2.75) is 17.9 Å². The smallest absolute Gasteiger partial charge is 0.142 e. The summed E-state index contributed by atoms with van der Waals surface area (Å²) in [6.07, 6.45) is 1.02. The van der Waals surface area contributed by atoms with E-state index in [0.29, 0.717) is 0 Å². The summed E-state index contributed by atoms with van der Waals surface area (Å²) in [5.41, 5.74) is 1.14. The van der Waals surface area contributed by atoms with Gasteiger partial charge in [-0.2, -0.15) is 0 Å². The molecule has 13 heavy (non-hydrogen) atoms. The molecule has 1 aromatic rings. The third-order valence-corrected chi connectivity index (χ3v) is 3.49. The molecule has 0 amide bonds. The largest absolute Gasteiger partial charge is 0.301 e. The number of aldehydes is 1. The van der Waals surface area contributed by atoms with Crippen molar-refractivity contribution in [1.82, 2.24) is 4.31 Å². The summed E-state index contributed by atoms with van der Waals surface area (Å²) < 4.78 is 2.09. The third-order valence-electron chi connectivity index (χ3n) is 2.20. The summed E-state index contributed by atoms with van der Waals surface area (Å²) in [5, 5.41) is 0. The fourth-order valence-corrected chi connectivity index (χ4v) is 2.64. The quantitative estimate of drug-likeness (QED) is 0.531. The van der Waals surface area contributed by atoms with Crippen LogP contribution in [0.25, 0.3) is 0 Å². The van der Waals surface area contributed by atoms with Crippen molar-refractivity contribution in [1.29, 1.82) is 0 Å². The molecule has 1 atom stereocenters. The number of hydrogen-bond donors (Lipinski definition) is 0. The Kier molecular flexibility index (Phi) is 2.38. The average molecular weight is 193 g/mol. The van der Waals surface area contributed by atoms with Gasteiger partial charge >= 0.3 is 0 Å². The first-order chi connectivity index (χ1) is 6.36. The van der Waals surface area contributed by atoms with E-state index in [1.54, 1.807) is 11.9 Å². The van der Waals surface area contributed by atoms with Crippen LogP contribution < -0.4 is 0 Å². The van der Waals surface area contributed by atoms with Crippen LogP contribution in [0.2, 0.25) is 0 Å². The minimum absolute atomic E-state index is 0.0498. The fourth-order valence-electron chi connectivity index (χ4n) is 1.55. The second-order valence-electron chi connectivity index (χ2n) is 2.94. The van der Waals surface area contributed by atoms with Gasteiger partial charge in [0.1, 0.15) is 12.3 Å². The van der Waals surface area contributed by atoms with E-state index in [9.17, 15) is 4.79 Å². The highest BCUT2D eigenvalue weighted by molar-refractivity contribution is 7.97. The Balaban J connectivity index is 2.39. The monoisotopic (exact) mass is 193 g/mol. The van der Waals surface area contributed by atoms with Crippen molar-refractivity contribution in [3.05, 3.63) is 29.8 Å². The Morgan fingerprint density at radius 1 is 1.54 bits per heavy atom. The molecule has 68 valence electrons. The van der Waals surface area contributed by atoms with E-state index in [1.807, 2.05) is 18.2 Å². The number of rotatable bonds is 2. The molecule has 0 saturated heterocycles. The molecular weight excluding hydrogens is 182 g/mol. The molecule has 3 heteroatoms. The first kappa shape index (κ1) is 8.78. The summed E-state index contributed by atoms with van der Waals surface area (Å²) in [5.74, 6) is 0. The lowest BCUT2D eigenvalue weighted by atomic mass is 10.1. The molecule has 1 aliphatic heterocycles. The van der Waals surface area contributed by atoms with Crippen LogP contribution in [0.15, 0.2) is 29.2 Å². The van der Waals surface area contributed by atoms with Crippen molar-refractivity contribution < 1.29 is 4.79 Å². The standard InChI is InChI=1S/C10H11NOS/c1-2-11-9(7-12)8-5-3-4-6-10(8)13-11/h3-7,9H,2H2,1H3. The number of carbonyl (C=O) groups is 1. The van der Waals surface area contributed by atoms with Gasteiger partial charge in [0.2, 0.25) is 0 Å². The minimum atomic E-state index is -0.0498. The second kappa shape index (κ2) is 3.52. The topological polar surface area (TPSA) is 20.3 Å². The molecule has 0 saturated carbocycles. The van der Waals surface area contributed by atoms with Crippen LogP contribution in [0.3, 0.4) is 0 Å². The fraction of sp³-hybridized carbons (Fsp3) is 0.300. The summed E-state index contributed by atoms with van der Waals surface area (Å²) >= 11 is 1.67. The van der Waals surface area contributed by atoms with Crippen LogP contribution in [0.1, 0.15) is 18.5 Å². The van der Waals surface area contributed by atoms with Crippen molar-refractivity contribution in [2.75, 3.05) is 6.54 Å². The zero-order valence-corrected chi connectivity index (χ0v) is 8.25. The van der Waals surface area contributed by atoms with Gasteiger partial charge in [-0.15, -0.1) is 0 Å². The van der Waals surface area contributed by atoms with Gasteiger partial charge in [0, 0.05) is 11.4 Å². The lowest BCUT2D eigenvalue weighted by Gasteiger charge is -2.15. The van der Waals surface area contributed by atoms with Gasteiger partial charge in [-0.3, -0.25) is 0 Å². The molecule has 0 bridgehead atoms. The highest BCUT2D eigenvalue weighted by Gasteiger charge is 2.28. The van der Waals surface area contributed by atoms with Gasteiger partial charge in [-0.05, 0) is 23.6 Å². The Bertz CT molecular complexity index is 326. The molecule has 0 N–H and O–H groups in total. The SMILES string of the molecule is CCN1Sc2ccccc2C1C=O. The van der Waals surface area contributed by atoms with E-state index in [-0.39, 0.29) is 6.04 Å². The Hall–Kier alpha value is -0.800. The van der Waals surface area contributed by atoms with Crippen molar-refractivity contribution >= 4 is 18.2 Å². The molecule has 1 unspecified atom stereocenters. The van der Waals surface area contributed by atoms with Crippen LogP contribution in [-0.2, 0) is 4.79 Å². The second-order valence-corrected chi connectivity index (χ2v) is 4.03. The minimum Gasteiger partial charge on any atom is -0.301 e. The molecule has 0 aromatic heterocycles. The van der Waals surface area contributed by atoms with Gasteiger partial charge < -0.3 is 4.79 Å². The van der Waals surface area contributed by atoms with E-state index in [0.717, 1.165) is 18.4 Å². The van der Waals surface area contributed by atoms with Crippen molar-refractivity contribution in [2.24, 2.45) is 0 Å². The summed E-state index contributed by atoms with van der Waals surface area (Å²) in [4.78, 5) is 12.1. The van der Waals surface area contributed by atoms with Crippen LogP contribution in [0.5, 0.6) is 0 Å². The van der Waals surface area contributed by atoms with Crippen LogP contribution in [-0.4, -0.2) is 17.1 Å². The number of carbonyl (C=O) groups excluding carboxylic acids is 1. The van der Waals surface area contributed by atoms with Gasteiger partial charge in [0.15, 0.2) is 0 Å². The zero-order chi connectivity index (χ0) is 9.26.